The lowest BCUT2D eigenvalue weighted by Gasteiger charge is -2.24. The topological polar surface area (TPSA) is 84.9 Å². The Morgan fingerprint density at radius 2 is 1.75 bits per heavy atom. The maximum atomic E-state index is 11.7. The van der Waals surface area contributed by atoms with E-state index in [0.29, 0.717) is 0 Å². The number of carbonyl (C=O) groups is 3. The molecule has 1 N–H and O–H groups in total. The van der Waals surface area contributed by atoms with Crippen molar-refractivity contribution in [3.05, 3.63) is 35.9 Å². The van der Waals surface area contributed by atoms with E-state index in [2.05, 4.69) is 5.32 Å². The van der Waals surface area contributed by atoms with Crippen molar-refractivity contribution in [2.75, 3.05) is 20.1 Å². The summed E-state index contributed by atoms with van der Waals surface area (Å²) in [6.07, 6.45) is -0.607. The van der Waals surface area contributed by atoms with Gasteiger partial charge in [-0.3, -0.25) is 9.59 Å². The Labute approximate surface area is 141 Å². The molecule has 7 heteroatoms. The van der Waals surface area contributed by atoms with Crippen LogP contribution in [0.5, 0.6) is 0 Å². The van der Waals surface area contributed by atoms with Gasteiger partial charge in [0, 0.05) is 7.05 Å². The highest BCUT2D eigenvalue weighted by atomic mass is 16.6. The van der Waals surface area contributed by atoms with Gasteiger partial charge in [0.05, 0.1) is 0 Å². The van der Waals surface area contributed by atoms with Crippen LogP contribution in [-0.2, 0) is 25.7 Å². The molecule has 0 unspecified atom stereocenters. The van der Waals surface area contributed by atoms with Gasteiger partial charge in [-0.2, -0.15) is 0 Å². The van der Waals surface area contributed by atoms with Crippen molar-refractivity contribution < 1.29 is 23.9 Å². The summed E-state index contributed by atoms with van der Waals surface area (Å²) in [4.78, 5) is 36.2. The fourth-order valence-electron chi connectivity index (χ4n) is 1.64. The van der Waals surface area contributed by atoms with Crippen molar-refractivity contribution in [2.45, 2.75) is 33.0 Å². The summed E-state index contributed by atoms with van der Waals surface area (Å²) in [6, 6.07) is 9.23. The van der Waals surface area contributed by atoms with Gasteiger partial charge < -0.3 is 19.7 Å². The highest BCUT2D eigenvalue weighted by Gasteiger charge is 2.21. The van der Waals surface area contributed by atoms with Gasteiger partial charge in [0.25, 0.3) is 0 Å². The minimum absolute atomic E-state index is 0.146. The third-order valence-electron chi connectivity index (χ3n) is 2.76. The normalized spacial score (nSPS) is 10.7. The second kappa shape index (κ2) is 8.90. The van der Waals surface area contributed by atoms with Crippen LogP contribution in [0.3, 0.4) is 0 Å². The van der Waals surface area contributed by atoms with Crippen molar-refractivity contribution in [2.24, 2.45) is 0 Å². The standard InChI is InChI=1S/C17H24N2O5/c1-17(2,3)24-16(22)19(4)11-14(20)18-10-15(21)23-12-13-8-6-5-7-9-13/h5-9H,10-12H2,1-4H3,(H,18,20). The molecule has 0 aromatic heterocycles. The zero-order chi connectivity index (χ0) is 18.2. The van der Waals surface area contributed by atoms with Gasteiger partial charge in [-0.1, -0.05) is 30.3 Å². The zero-order valence-electron chi connectivity index (χ0n) is 14.5. The Hall–Kier alpha value is -2.57. The molecule has 0 heterocycles. The third kappa shape index (κ3) is 8.17. The van der Waals surface area contributed by atoms with Gasteiger partial charge in [-0.15, -0.1) is 0 Å². The first-order chi connectivity index (χ1) is 11.2. The van der Waals surface area contributed by atoms with Gasteiger partial charge in [0.15, 0.2) is 0 Å². The van der Waals surface area contributed by atoms with Crippen LogP contribution >= 0.6 is 0 Å². The van der Waals surface area contributed by atoms with Crippen molar-refractivity contribution in [1.82, 2.24) is 10.2 Å². The van der Waals surface area contributed by atoms with Gasteiger partial charge in [0.2, 0.25) is 5.91 Å². The molecule has 0 aliphatic carbocycles. The number of nitrogens with zero attached hydrogens (tertiary/aromatic N) is 1. The predicted molar refractivity (Wildman–Crippen MR) is 88.1 cm³/mol. The molecule has 7 nitrogen and oxygen atoms in total. The Balaban J connectivity index is 2.27. The van der Waals surface area contributed by atoms with Crippen LogP contribution in [0.25, 0.3) is 0 Å². The second-order valence-corrected chi connectivity index (χ2v) is 6.26. The van der Waals surface area contributed by atoms with Crippen LogP contribution in [0.2, 0.25) is 0 Å². The molecule has 2 amide bonds. The van der Waals surface area contributed by atoms with E-state index in [1.807, 2.05) is 30.3 Å². The first kappa shape index (κ1) is 19.5. The van der Waals surface area contributed by atoms with Crippen molar-refractivity contribution in [1.29, 1.82) is 0 Å². The van der Waals surface area contributed by atoms with Crippen LogP contribution in [0, 0.1) is 0 Å². The van der Waals surface area contributed by atoms with E-state index in [4.69, 9.17) is 9.47 Å². The number of benzene rings is 1. The molecule has 1 rings (SSSR count). The molecular formula is C17H24N2O5. The fraction of sp³-hybridized carbons (Fsp3) is 0.471. The summed E-state index contributed by atoms with van der Waals surface area (Å²) in [7, 11) is 1.45. The summed E-state index contributed by atoms with van der Waals surface area (Å²) < 4.78 is 10.2. The zero-order valence-corrected chi connectivity index (χ0v) is 14.5. The van der Waals surface area contributed by atoms with Gasteiger partial charge in [-0.05, 0) is 26.3 Å². The molecule has 0 atom stereocenters. The highest BCUT2D eigenvalue weighted by molar-refractivity contribution is 5.85. The number of hydrogen-bond acceptors (Lipinski definition) is 5. The van der Waals surface area contributed by atoms with E-state index in [-0.39, 0.29) is 19.7 Å². The maximum absolute atomic E-state index is 11.7. The molecule has 0 aliphatic rings. The van der Waals surface area contributed by atoms with E-state index in [1.54, 1.807) is 20.8 Å². The van der Waals surface area contributed by atoms with Crippen LogP contribution < -0.4 is 5.32 Å². The molecule has 0 saturated heterocycles. The largest absolute Gasteiger partial charge is 0.460 e. The molecule has 24 heavy (non-hydrogen) atoms. The van der Waals surface area contributed by atoms with Crippen LogP contribution in [0.15, 0.2) is 30.3 Å². The van der Waals surface area contributed by atoms with E-state index >= 15 is 0 Å². The molecule has 0 bridgehead atoms. The third-order valence-corrected chi connectivity index (χ3v) is 2.76. The summed E-state index contributed by atoms with van der Waals surface area (Å²) in [5, 5.41) is 2.40. The Morgan fingerprint density at radius 3 is 2.33 bits per heavy atom. The summed E-state index contributed by atoms with van der Waals surface area (Å²) in [6.45, 7) is 4.90. The maximum Gasteiger partial charge on any atom is 0.410 e. The lowest BCUT2D eigenvalue weighted by molar-refractivity contribution is -0.145. The van der Waals surface area contributed by atoms with Gasteiger partial charge in [-0.25, -0.2) is 4.79 Å². The second-order valence-electron chi connectivity index (χ2n) is 6.26. The summed E-state index contributed by atoms with van der Waals surface area (Å²) in [5.41, 5.74) is 0.227. The SMILES string of the molecule is CN(CC(=O)NCC(=O)OCc1ccccc1)C(=O)OC(C)(C)C. The summed E-state index contributed by atoms with van der Waals surface area (Å²) in [5.74, 6) is -1.02. The number of ether oxygens (including phenoxy) is 2. The van der Waals surface area contributed by atoms with E-state index in [1.165, 1.54) is 7.05 Å². The minimum atomic E-state index is -0.636. The van der Waals surface area contributed by atoms with Gasteiger partial charge >= 0.3 is 12.1 Å². The lowest BCUT2D eigenvalue weighted by Crippen LogP contribution is -2.42. The number of carbonyl (C=O) groups excluding carboxylic acids is 3. The molecule has 0 fully saturated rings. The average molecular weight is 336 g/mol. The quantitative estimate of drug-likeness (QED) is 0.800. The summed E-state index contributed by atoms with van der Waals surface area (Å²) >= 11 is 0. The first-order valence-electron chi connectivity index (χ1n) is 7.58. The van der Waals surface area contributed by atoms with E-state index < -0.39 is 23.6 Å². The van der Waals surface area contributed by atoms with Crippen LogP contribution in [-0.4, -0.2) is 48.6 Å². The lowest BCUT2D eigenvalue weighted by atomic mass is 10.2. The van der Waals surface area contributed by atoms with E-state index in [9.17, 15) is 14.4 Å². The fourth-order valence-corrected chi connectivity index (χ4v) is 1.64. The number of hydrogen-bond donors (Lipinski definition) is 1. The van der Waals surface area contributed by atoms with E-state index in [0.717, 1.165) is 10.5 Å². The van der Waals surface area contributed by atoms with Crippen LogP contribution in [0.1, 0.15) is 26.3 Å². The number of amides is 2. The van der Waals surface area contributed by atoms with Crippen molar-refractivity contribution in [3.8, 4) is 0 Å². The molecule has 1 aromatic rings. The highest BCUT2D eigenvalue weighted by Crippen LogP contribution is 2.08. The number of nitrogens with one attached hydrogen (secondary N) is 1. The Bertz CT molecular complexity index is 566. The predicted octanol–water partition coefficient (Wildman–Crippen LogP) is 1.71. The molecule has 132 valence electrons. The van der Waals surface area contributed by atoms with Crippen molar-refractivity contribution >= 4 is 18.0 Å². The monoisotopic (exact) mass is 336 g/mol. The van der Waals surface area contributed by atoms with Crippen LogP contribution in [0.4, 0.5) is 4.79 Å². The number of rotatable bonds is 6. The minimum Gasteiger partial charge on any atom is -0.460 e. The van der Waals surface area contributed by atoms with Crippen molar-refractivity contribution in [3.63, 3.8) is 0 Å². The number of esters is 1. The molecular weight excluding hydrogens is 312 g/mol. The average Bonchev–Trinajstić information content (AvgIpc) is 2.50. The number of likely N-dealkylation sites (N-methyl/N-ethyl adjacent to an activating group) is 1. The molecule has 0 saturated carbocycles. The first-order valence-corrected chi connectivity index (χ1v) is 7.58. The molecule has 1 aromatic carbocycles. The molecule has 0 spiro atoms. The molecule has 0 radical (unpaired) electrons. The van der Waals surface area contributed by atoms with Gasteiger partial charge in [0.1, 0.15) is 25.3 Å². The smallest absolute Gasteiger partial charge is 0.410 e. The Morgan fingerprint density at radius 1 is 1.12 bits per heavy atom. The Kier molecular flexibility index (Phi) is 7.23. The molecule has 0 aliphatic heterocycles.